The second kappa shape index (κ2) is 6.34. The van der Waals surface area contributed by atoms with Crippen molar-refractivity contribution >= 4 is 17.2 Å². The predicted octanol–water partition coefficient (Wildman–Crippen LogP) is 2.70. The van der Waals surface area contributed by atoms with E-state index in [9.17, 15) is 4.79 Å². The van der Waals surface area contributed by atoms with Crippen molar-refractivity contribution in [3.8, 4) is 0 Å². The molecule has 1 aliphatic heterocycles. The van der Waals surface area contributed by atoms with Crippen LogP contribution in [0.3, 0.4) is 0 Å². The predicted molar refractivity (Wildman–Crippen MR) is 75.7 cm³/mol. The van der Waals surface area contributed by atoms with Crippen LogP contribution in [0.25, 0.3) is 0 Å². The third kappa shape index (κ3) is 3.33. The quantitative estimate of drug-likeness (QED) is 0.880. The van der Waals surface area contributed by atoms with Gasteiger partial charge in [0.2, 0.25) is 5.91 Å². The molecule has 2 rings (SSSR count). The Labute approximate surface area is 113 Å². The molecule has 0 spiro atoms. The zero-order chi connectivity index (χ0) is 13.0. The first-order chi connectivity index (χ1) is 8.68. The molecule has 0 saturated carbocycles. The van der Waals surface area contributed by atoms with E-state index in [0.29, 0.717) is 5.92 Å². The van der Waals surface area contributed by atoms with E-state index in [2.05, 4.69) is 35.9 Å². The van der Waals surface area contributed by atoms with Crippen LogP contribution in [0.2, 0.25) is 0 Å². The van der Waals surface area contributed by atoms with Gasteiger partial charge in [0.25, 0.3) is 0 Å². The maximum absolute atomic E-state index is 12.2. The number of hydrogen-bond donors (Lipinski definition) is 2. The number of amides is 1. The van der Waals surface area contributed by atoms with E-state index in [4.69, 9.17) is 0 Å². The molecule has 2 unspecified atom stereocenters. The van der Waals surface area contributed by atoms with E-state index in [1.807, 2.05) is 6.07 Å². The number of carbonyl (C=O) groups excluding carboxylic acids is 1. The number of rotatable bonds is 4. The van der Waals surface area contributed by atoms with Gasteiger partial charge < -0.3 is 10.6 Å². The smallest absolute Gasteiger partial charge is 0.237 e. The molecule has 1 fully saturated rings. The molecule has 1 saturated heterocycles. The van der Waals surface area contributed by atoms with Gasteiger partial charge in [0.05, 0.1) is 12.1 Å². The van der Waals surface area contributed by atoms with Crippen molar-refractivity contribution < 1.29 is 4.79 Å². The topological polar surface area (TPSA) is 41.1 Å². The summed E-state index contributed by atoms with van der Waals surface area (Å²) in [5, 5.41) is 8.56. The zero-order valence-electron chi connectivity index (χ0n) is 11.1. The summed E-state index contributed by atoms with van der Waals surface area (Å²) in [7, 11) is 0. The Kier molecular flexibility index (Phi) is 4.78. The summed E-state index contributed by atoms with van der Waals surface area (Å²) in [4.78, 5) is 13.5. The molecule has 1 aromatic heterocycles. The van der Waals surface area contributed by atoms with Gasteiger partial charge in [0.1, 0.15) is 0 Å². The van der Waals surface area contributed by atoms with Gasteiger partial charge in [-0.1, -0.05) is 26.3 Å². The summed E-state index contributed by atoms with van der Waals surface area (Å²) in [5.74, 6) is 0.568. The minimum absolute atomic E-state index is 0.0000350. The summed E-state index contributed by atoms with van der Waals surface area (Å²) >= 11 is 1.71. The van der Waals surface area contributed by atoms with Crippen molar-refractivity contribution in [1.82, 2.24) is 10.6 Å². The van der Waals surface area contributed by atoms with Crippen molar-refractivity contribution in [2.24, 2.45) is 5.92 Å². The molecule has 4 heteroatoms. The molecule has 3 nitrogen and oxygen atoms in total. The third-order valence-electron chi connectivity index (χ3n) is 3.44. The molecule has 1 aromatic rings. The standard InChI is InChI=1S/C14H22N2OS/c1-10(2)13(12-7-5-9-18-12)16-14(17)11-6-3-4-8-15-11/h5,7,9-11,13,15H,3-4,6,8H2,1-2H3,(H,16,17). The lowest BCUT2D eigenvalue weighted by Gasteiger charge is -2.27. The second-order valence-electron chi connectivity index (χ2n) is 5.25. The lowest BCUT2D eigenvalue weighted by molar-refractivity contribution is -0.124. The zero-order valence-corrected chi connectivity index (χ0v) is 11.9. The first-order valence-electron chi connectivity index (χ1n) is 6.75. The van der Waals surface area contributed by atoms with Crippen LogP contribution >= 0.6 is 11.3 Å². The van der Waals surface area contributed by atoms with Crippen LogP contribution in [0.1, 0.15) is 44.0 Å². The third-order valence-corrected chi connectivity index (χ3v) is 4.40. The SMILES string of the molecule is CC(C)C(NC(=O)C1CCCCN1)c1cccs1. The average Bonchev–Trinajstić information content (AvgIpc) is 2.90. The molecule has 2 atom stereocenters. The molecular formula is C14H22N2OS. The van der Waals surface area contributed by atoms with Crippen LogP contribution in [0.15, 0.2) is 17.5 Å². The number of carbonyl (C=O) groups is 1. The fourth-order valence-corrected chi connectivity index (χ4v) is 3.31. The number of hydrogen-bond acceptors (Lipinski definition) is 3. The highest BCUT2D eigenvalue weighted by Gasteiger charge is 2.25. The maximum Gasteiger partial charge on any atom is 0.237 e. The molecule has 18 heavy (non-hydrogen) atoms. The van der Waals surface area contributed by atoms with Crippen molar-refractivity contribution in [3.05, 3.63) is 22.4 Å². The molecule has 0 aromatic carbocycles. The van der Waals surface area contributed by atoms with E-state index < -0.39 is 0 Å². The van der Waals surface area contributed by atoms with Crippen molar-refractivity contribution in [2.75, 3.05) is 6.54 Å². The summed E-state index contributed by atoms with van der Waals surface area (Å²) < 4.78 is 0. The highest BCUT2D eigenvalue weighted by atomic mass is 32.1. The number of piperidine rings is 1. The summed E-state index contributed by atoms with van der Waals surface area (Å²) in [6, 6.07) is 4.28. The van der Waals surface area contributed by atoms with Gasteiger partial charge in [-0.05, 0) is 36.8 Å². The lowest BCUT2D eigenvalue weighted by atomic mass is 10.00. The Hall–Kier alpha value is -0.870. The molecule has 2 N–H and O–H groups in total. The van der Waals surface area contributed by atoms with Gasteiger partial charge >= 0.3 is 0 Å². The normalized spacial score (nSPS) is 21.8. The van der Waals surface area contributed by atoms with Crippen LogP contribution in [-0.2, 0) is 4.79 Å². The Morgan fingerprint density at radius 1 is 1.50 bits per heavy atom. The van der Waals surface area contributed by atoms with Crippen LogP contribution in [0.5, 0.6) is 0 Å². The van der Waals surface area contributed by atoms with E-state index in [1.54, 1.807) is 11.3 Å². The Bertz CT molecular complexity index is 369. The minimum Gasteiger partial charge on any atom is -0.347 e. The molecule has 0 radical (unpaired) electrons. The molecule has 1 amide bonds. The fourth-order valence-electron chi connectivity index (χ4n) is 2.36. The highest BCUT2D eigenvalue weighted by molar-refractivity contribution is 7.10. The molecule has 1 aliphatic rings. The number of thiophene rings is 1. The molecule has 100 valence electrons. The van der Waals surface area contributed by atoms with Crippen LogP contribution in [-0.4, -0.2) is 18.5 Å². The van der Waals surface area contributed by atoms with Gasteiger partial charge in [-0.3, -0.25) is 4.79 Å². The lowest BCUT2D eigenvalue weighted by Crippen LogP contribution is -2.48. The summed E-state index contributed by atoms with van der Waals surface area (Å²) in [6.07, 6.45) is 3.29. The summed E-state index contributed by atoms with van der Waals surface area (Å²) in [5.41, 5.74) is 0. The Morgan fingerprint density at radius 2 is 2.33 bits per heavy atom. The average molecular weight is 266 g/mol. The number of nitrogens with one attached hydrogen (secondary N) is 2. The minimum atomic E-state index is -0.0000350. The van der Waals surface area contributed by atoms with Gasteiger partial charge in [-0.15, -0.1) is 11.3 Å². The molecular weight excluding hydrogens is 244 g/mol. The second-order valence-corrected chi connectivity index (χ2v) is 6.23. The van der Waals surface area contributed by atoms with E-state index in [0.717, 1.165) is 19.4 Å². The van der Waals surface area contributed by atoms with Gasteiger partial charge in [0, 0.05) is 4.88 Å². The first kappa shape index (κ1) is 13.6. The molecule has 2 heterocycles. The van der Waals surface area contributed by atoms with Crippen LogP contribution in [0, 0.1) is 5.92 Å². The van der Waals surface area contributed by atoms with Crippen LogP contribution in [0.4, 0.5) is 0 Å². The van der Waals surface area contributed by atoms with Crippen molar-refractivity contribution in [1.29, 1.82) is 0 Å². The molecule has 0 aliphatic carbocycles. The Morgan fingerprint density at radius 3 is 2.89 bits per heavy atom. The van der Waals surface area contributed by atoms with E-state index >= 15 is 0 Å². The van der Waals surface area contributed by atoms with E-state index in [1.165, 1.54) is 11.3 Å². The first-order valence-corrected chi connectivity index (χ1v) is 7.63. The Balaban J connectivity index is 1.98. The van der Waals surface area contributed by atoms with Crippen molar-refractivity contribution in [2.45, 2.75) is 45.2 Å². The monoisotopic (exact) mass is 266 g/mol. The van der Waals surface area contributed by atoms with E-state index in [-0.39, 0.29) is 18.0 Å². The molecule has 0 bridgehead atoms. The highest BCUT2D eigenvalue weighted by Crippen LogP contribution is 2.26. The van der Waals surface area contributed by atoms with Crippen LogP contribution < -0.4 is 10.6 Å². The fraction of sp³-hybridized carbons (Fsp3) is 0.643. The van der Waals surface area contributed by atoms with Gasteiger partial charge in [0.15, 0.2) is 0 Å². The summed E-state index contributed by atoms with van der Waals surface area (Å²) in [6.45, 7) is 5.27. The van der Waals surface area contributed by atoms with Crippen molar-refractivity contribution in [3.63, 3.8) is 0 Å². The largest absolute Gasteiger partial charge is 0.347 e. The van der Waals surface area contributed by atoms with Gasteiger partial charge in [-0.25, -0.2) is 0 Å². The maximum atomic E-state index is 12.2. The van der Waals surface area contributed by atoms with Gasteiger partial charge in [-0.2, -0.15) is 0 Å².